The molecular formula is C16H20N6O. The van der Waals surface area contributed by atoms with Gasteiger partial charge in [-0.25, -0.2) is 15.0 Å². The molecule has 1 atom stereocenters. The second-order valence-electron chi connectivity index (χ2n) is 5.86. The van der Waals surface area contributed by atoms with E-state index in [2.05, 4.69) is 35.8 Å². The Hall–Kier alpha value is -2.28. The van der Waals surface area contributed by atoms with E-state index in [9.17, 15) is 0 Å². The van der Waals surface area contributed by atoms with Gasteiger partial charge in [0.2, 0.25) is 0 Å². The van der Waals surface area contributed by atoms with Crippen LogP contribution in [0.3, 0.4) is 0 Å². The van der Waals surface area contributed by atoms with Crippen LogP contribution in [0, 0.1) is 6.92 Å². The highest BCUT2D eigenvalue weighted by Crippen LogP contribution is 2.36. The molecule has 7 heteroatoms. The zero-order valence-electron chi connectivity index (χ0n) is 13.2. The molecule has 0 aliphatic carbocycles. The van der Waals surface area contributed by atoms with E-state index in [0.29, 0.717) is 0 Å². The zero-order chi connectivity index (χ0) is 15.6. The number of aryl methyl sites for hydroxylation is 1. The van der Waals surface area contributed by atoms with Crippen molar-refractivity contribution in [2.45, 2.75) is 19.4 Å². The van der Waals surface area contributed by atoms with Gasteiger partial charge in [-0.1, -0.05) is 0 Å². The van der Waals surface area contributed by atoms with E-state index in [1.54, 1.807) is 12.4 Å². The Bertz CT molecular complexity index is 674. The Morgan fingerprint density at radius 1 is 1.09 bits per heavy atom. The molecule has 0 N–H and O–H groups in total. The average molecular weight is 312 g/mol. The van der Waals surface area contributed by atoms with Crippen LogP contribution in [0.15, 0.2) is 24.7 Å². The third-order valence-electron chi connectivity index (χ3n) is 4.38. The summed E-state index contributed by atoms with van der Waals surface area (Å²) in [5.74, 6) is 2.73. The fourth-order valence-corrected chi connectivity index (χ4v) is 3.11. The van der Waals surface area contributed by atoms with Crippen molar-refractivity contribution in [3.8, 4) is 0 Å². The molecule has 0 bridgehead atoms. The molecule has 2 saturated heterocycles. The van der Waals surface area contributed by atoms with Gasteiger partial charge in [-0.3, -0.25) is 4.98 Å². The van der Waals surface area contributed by atoms with Crippen LogP contribution in [-0.2, 0) is 4.74 Å². The van der Waals surface area contributed by atoms with Gasteiger partial charge in [-0.05, 0) is 13.3 Å². The number of hydrogen-bond donors (Lipinski definition) is 0. The molecule has 0 aromatic carbocycles. The van der Waals surface area contributed by atoms with Crippen LogP contribution in [0.5, 0.6) is 0 Å². The minimum atomic E-state index is 0.258. The van der Waals surface area contributed by atoms with Crippen LogP contribution in [0.4, 0.5) is 11.6 Å². The molecule has 2 aromatic rings. The van der Waals surface area contributed by atoms with Crippen molar-refractivity contribution in [3.63, 3.8) is 0 Å². The van der Waals surface area contributed by atoms with Crippen molar-refractivity contribution in [2.75, 3.05) is 42.6 Å². The lowest BCUT2D eigenvalue weighted by Gasteiger charge is -2.41. The fourth-order valence-electron chi connectivity index (χ4n) is 3.11. The van der Waals surface area contributed by atoms with Gasteiger partial charge in [-0.2, -0.15) is 0 Å². The van der Waals surface area contributed by atoms with E-state index in [1.807, 2.05) is 13.1 Å². The molecule has 2 aromatic heterocycles. The molecule has 2 aliphatic heterocycles. The fraction of sp³-hybridized carbons (Fsp3) is 0.500. The lowest BCUT2D eigenvalue weighted by Crippen LogP contribution is -2.42. The number of nitrogens with zero attached hydrogens (tertiary/aromatic N) is 6. The highest BCUT2D eigenvalue weighted by molar-refractivity contribution is 5.47. The minimum Gasteiger partial charge on any atom is -0.378 e. The molecule has 0 saturated carbocycles. The third-order valence-corrected chi connectivity index (χ3v) is 4.38. The summed E-state index contributed by atoms with van der Waals surface area (Å²) < 4.78 is 5.43. The van der Waals surface area contributed by atoms with Crippen LogP contribution >= 0.6 is 0 Å². The average Bonchev–Trinajstić information content (AvgIpc) is 2.55. The van der Waals surface area contributed by atoms with Gasteiger partial charge in [0, 0.05) is 38.1 Å². The van der Waals surface area contributed by atoms with Crippen molar-refractivity contribution >= 4 is 11.6 Å². The SMILES string of the molecule is Cc1nc(C2CCN2c2cnccn2)cc(N2CCOCC2)n1. The summed E-state index contributed by atoms with van der Waals surface area (Å²) in [5.41, 5.74) is 1.07. The quantitative estimate of drug-likeness (QED) is 0.847. The van der Waals surface area contributed by atoms with Crippen molar-refractivity contribution in [1.82, 2.24) is 19.9 Å². The van der Waals surface area contributed by atoms with Gasteiger partial charge in [0.15, 0.2) is 0 Å². The van der Waals surface area contributed by atoms with Gasteiger partial charge in [0.1, 0.15) is 17.5 Å². The summed E-state index contributed by atoms with van der Waals surface area (Å²) in [4.78, 5) is 22.4. The lowest BCUT2D eigenvalue weighted by atomic mass is 9.99. The first-order chi connectivity index (χ1) is 11.3. The Balaban J connectivity index is 1.60. The van der Waals surface area contributed by atoms with Crippen LogP contribution in [0.25, 0.3) is 0 Å². The first-order valence-corrected chi connectivity index (χ1v) is 8.02. The standard InChI is InChI=1S/C16H20N6O/c1-12-19-13(10-15(20-12)21-6-8-23-9-7-21)14-2-5-22(14)16-11-17-3-4-18-16/h3-4,10-11,14H,2,5-9H2,1H3. The maximum Gasteiger partial charge on any atom is 0.147 e. The predicted octanol–water partition coefficient (Wildman–Crippen LogP) is 1.36. The molecule has 2 fully saturated rings. The molecule has 2 aliphatic rings. The number of ether oxygens (including phenoxy) is 1. The van der Waals surface area contributed by atoms with Gasteiger partial charge in [-0.15, -0.1) is 0 Å². The van der Waals surface area contributed by atoms with Crippen LogP contribution < -0.4 is 9.80 Å². The summed E-state index contributed by atoms with van der Waals surface area (Å²) in [7, 11) is 0. The smallest absolute Gasteiger partial charge is 0.147 e. The van der Waals surface area contributed by atoms with Crippen molar-refractivity contribution in [2.24, 2.45) is 0 Å². The van der Waals surface area contributed by atoms with E-state index in [4.69, 9.17) is 4.74 Å². The zero-order valence-corrected chi connectivity index (χ0v) is 13.2. The summed E-state index contributed by atoms with van der Waals surface area (Å²) in [6, 6.07) is 2.37. The Morgan fingerprint density at radius 2 is 1.96 bits per heavy atom. The molecule has 23 heavy (non-hydrogen) atoms. The minimum absolute atomic E-state index is 0.258. The molecule has 0 spiro atoms. The first kappa shape index (κ1) is 14.3. The van der Waals surface area contributed by atoms with Crippen LogP contribution in [-0.4, -0.2) is 52.8 Å². The van der Waals surface area contributed by atoms with Crippen molar-refractivity contribution in [3.05, 3.63) is 36.2 Å². The molecule has 4 rings (SSSR count). The molecular weight excluding hydrogens is 292 g/mol. The Kier molecular flexibility index (Phi) is 3.78. The maximum absolute atomic E-state index is 5.43. The van der Waals surface area contributed by atoms with Gasteiger partial charge >= 0.3 is 0 Å². The number of aromatic nitrogens is 4. The highest BCUT2D eigenvalue weighted by Gasteiger charge is 2.32. The van der Waals surface area contributed by atoms with Gasteiger partial charge in [0.25, 0.3) is 0 Å². The van der Waals surface area contributed by atoms with E-state index in [1.165, 1.54) is 0 Å². The number of hydrogen-bond acceptors (Lipinski definition) is 7. The maximum atomic E-state index is 5.43. The first-order valence-electron chi connectivity index (χ1n) is 8.02. The van der Waals surface area contributed by atoms with Crippen LogP contribution in [0.1, 0.15) is 24.0 Å². The van der Waals surface area contributed by atoms with Crippen molar-refractivity contribution in [1.29, 1.82) is 0 Å². The van der Waals surface area contributed by atoms with E-state index in [-0.39, 0.29) is 6.04 Å². The summed E-state index contributed by atoms with van der Waals surface area (Å²) >= 11 is 0. The van der Waals surface area contributed by atoms with E-state index < -0.39 is 0 Å². The third kappa shape index (κ3) is 2.84. The monoisotopic (exact) mass is 312 g/mol. The van der Waals surface area contributed by atoms with Crippen molar-refractivity contribution < 1.29 is 4.74 Å². The normalized spacial score (nSPS) is 21.2. The molecule has 1 unspecified atom stereocenters. The second-order valence-corrected chi connectivity index (χ2v) is 5.86. The second kappa shape index (κ2) is 6.08. The molecule has 0 radical (unpaired) electrons. The Labute approximate surface area is 135 Å². The van der Waals surface area contributed by atoms with E-state index in [0.717, 1.165) is 62.4 Å². The van der Waals surface area contributed by atoms with Crippen LogP contribution in [0.2, 0.25) is 0 Å². The molecule has 7 nitrogen and oxygen atoms in total. The Morgan fingerprint density at radius 3 is 2.65 bits per heavy atom. The molecule has 120 valence electrons. The summed E-state index contributed by atoms with van der Waals surface area (Å²) in [6.45, 7) is 6.22. The largest absolute Gasteiger partial charge is 0.378 e. The van der Waals surface area contributed by atoms with Gasteiger partial charge < -0.3 is 14.5 Å². The number of morpholine rings is 1. The van der Waals surface area contributed by atoms with E-state index >= 15 is 0 Å². The number of anilines is 2. The molecule has 4 heterocycles. The summed E-state index contributed by atoms with van der Waals surface area (Å²) in [6.07, 6.45) is 6.32. The summed E-state index contributed by atoms with van der Waals surface area (Å²) in [5, 5.41) is 0. The number of rotatable bonds is 3. The van der Waals surface area contributed by atoms with Gasteiger partial charge in [0.05, 0.1) is 31.1 Å². The topological polar surface area (TPSA) is 67.3 Å². The molecule has 0 amide bonds. The predicted molar refractivity (Wildman–Crippen MR) is 86.5 cm³/mol. The highest BCUT2D eigenvalue weighted by atomic mass is 16.5. The lowest BCUT2D eigenvalue weighted by molar-refractivity contribution is 0.122.